The Balaban J connectivity index is 1.67. The summed E-state index contributed by atoms with van der Waals surface area (Å²) in [7, 11) is -2.75. The summed E-state index contributed by atoms with van der Waals surface area (Å²) in [5.41, 5.74) is 0. The monoisotopic (exact) mass is 258 g/mol. The molecule has 1 N–H and O–H groups in total. The summed E-state index contributed by atoms with van der Waals surface area (Å²) in [4.78, 5) is 2.45. The lowest BCUT2D eigenvalue weighted by Gasteiger charge is -2.42. The van der Waals surface area contributed by atoms with Crippen molar-refractivity contribution in [1.29, 1.82) is 0 Å². The average Bonchev–Trinajstić information content (AvgIpc) is 3.04. The molecule has 0 aromatic rings. The van der Waals surface area contributed by atoms with E-state index in [1.54, 1.807) is 0 Å². The minimum Gasteiger partial charge on any atom is -0.311 e. The molecule has 2 saturated heterocycles. The van der Waals surface area contributed by atoms with Crippen molar-refractivity contribution in [3.63, 3.8) is 0 Å². The van der Waals surface area contributed by atoms with Crippen molar-refractivity contribution < 1.29 is 8.42 Å². The molecule has 0 spiro atoms. The Kier molecular flexibility index (Phi) is 2.96. The third-order valence-electron chi connectivity index (χ3n) is 4.52. The largest absolute Gasteiger partial charge is 0.311 e. The van der Waals surface area contributed by atoms with Gasteiger partial charge in [-0.2, -0.15) is 0 Å². The Morgan fingerprint density at radius 1 is 1.24 bits per heavy atom. The summed E-state index contributed by atoms with van der Waals surface area (Å²) in [6.45, 7) is 4.27. The number of rotatable bonds is 2. The number of nitrogens with one attached hydrogen (secondary N) is 1. The lowest BCUT2D eigenvalue weighted by molar-refractivity contribution is 0.0954. The van der Waals surface area contributed by atoms with E-state index in [4.69, 9.17) is 0 Å². The molecule has 2 heterocycles. The lowest BCUT2D eigenvalue weighted by Crippen LogP contribution is -2.59. The van der Waals surface area contributed by atoms with Crippen LogP contribution in [0.15, 0.2) is 0 Å². The molecular formula is C12H22N2O2S. The van der Waals surface area contributed by atoms with E-state index in [2.05, 4.69) is 17.1 Å². The predicted molar refractivity (Wildman–Crippen MR) is 67.7 cm³/mol. The maximum absolute atomic E-state index is 11.6. The highest BCUT2D eigenvalue weighted by Crippen LogP contribution is 2.35. The molecule has 3 fully saturated rings. The Bertz CT molecular complexity index is 391. The highest BCUT2D eigenvalue weighted by Gasteiger charge is 2.41. The van der Waals surface area contributed by atoms with Crippen molar-refractivity contribution in [3.05, 3.63) is 0 Å². The van der Waals surface area contributed by atoms with Crippen LogP contribution in [-0.2, 0) is 9.84 Å². The fraction of sp³-hybridized carbons (Fsp3) is 1.00. The van der Waals surface area contributed by atoms with Gasteiger partial charge in [-0.3, -0.25) is 4.90 Å². The zero-order valence-corrected chi connectivity index (χ0v) is 11.2. The zero-order chi connectivity index (χ0) is 12.0. The van der Waals surface area contributed by atoms with E-state index in [1.165, 1.54) is 12.8 Å². The first-order valence-corrected chi connectivity index (χ1v) is 8.57. The van der Waals surface area contributed by atoms with Crippen LogP contribution in [-0.4, -0.2) is 56.0 Å². The summed E-state index contributed by atoms with van der Waals surface area (Å²) >= 11 is 0. The van der Waals surface area contributed by atoms with Gasteiger partial charge in [-0.25, -0.2) is 8.42 Å². The fourth-order valence-electron chi connectivity index (χ4n) is 3.27. The van der Waals surface area contributed by atoms with E-state index in [9.17, 15) is 8.42 Å². The number of hydrogen-bond acceptors (Lipinski definition) is 4. The van der Waals surface area contributed by atoms with Crippen LogP contribution in [0.25, 0.3) is 0 Å². The van der Waals surface area contributed by atoms with Crippen molar-refractivity contribution in [2.45, 2.75) is 44.3 Å². The Morgan fingerprint density at radius 2 is 2.00 bits per heavy atom. The molecule has 0 aromatic heterocycles. The molecule has 17 heavy (non-hydrogen) atoms. The first-order valence-electron chi connectivity index (χ1n) is 6.75. The first-order chi connectivity index (χ1) is 8.05. The molecule has 4 nitrogen and oxygen atoms in total. The SMILES string of the molecule is CC1CNC(C2CC2)CN1C1CCS(=O)(=O)C1. The smallest absolute Gasteiger partial charge is 0.151 e. The van der Waals surface area contributed by atoms with E-state index in [1.807, 2.05) is 0 Å². The maximum Gasteiger partial charge on any atom is 0.151 e. The van der Waals surface area contributed by atoms with Gasteiger partial charge >= 0.3 is 0 Å². The fourth-order valence-corrected chi connectivity index (χ4v) is 5.01. The Morgan fingerprint density at radius 3 is 2.59 bits per heavy atom. The maximum atomic E-state index is 11.6. The first kappa shape index (κ1) is 11.9. The second kappa shape index (κ2) is 4.21. The van der Waals surface area contributed by atoms with Crippen molar-refractivity contribution in [2.75, 3.05) is 24.6 Å². The van der Waals surface area contributed by atoms with Crippen molar-refractivity contribution in [2.24, 2.45) is 5.92 Å². The summed E-state index contributed by atoms with van der Waals surface area (Å²) in [5, 5.41) is 3.61. The molecule has 3 rings (SSSR count). The van der Waals surface area contributed by atoms with Crippen LogP contribution in [0.1, 0.15) is 26.2 Å². The number of sulfone groups is 1. The van der Waals surface area contributed by atoms with E-state index < -0.39 is 9.84 Å². The van der Waals surface area contributed by atoms with Crippen LogP contribution in [0, 0.1) is 5.92 Å². The molecule has 98 valence electrons. The molecule has 3 aliphatic rings. The van der Waals surface area contributed by atoms with Crippen LogP contribution in [0.5, 0.6) is 0 Å². The molecule has 0 radical (unpaired) electrons. The van der Waals surface area contributed by atoms with E-state index >= 15 is 0 Å². The van der Waals surface area contributed by atoms with Gasteiger partial charge in [-0.05, 0) is 32.1 Å². The molecular weight excluding hydrogens is 236 g/mol. The standard InChI is InChI=1S/C12H22N2O2S/c1-9-6-13-12(10-2-3-10)7-14(9)11-4-5-17(15,16)8-11/h9-13H,2-8H2,1H3. The van der Waals surface area contributed by atoms with Crippen molar-refractivity contribution in [1.82, 2.24) is 10.2 Å². The molecule has 0 aromatic carbocycles. The highest BCUT2D eigenvalue weighted by molar-refractivity contribution is 7.91. The van der Waals surface area contributed by atoms with Gasteiger partial charge in [0.15, 0.2) is 9.84 Å². The van der Waals surface area contributed by atoms with Crippen molar-refractivity contribution >= 4 is 9.84 Å². The van der Waals surface area contributed by atoms with Crippen LogP contribution >= 0.6 is 0 Å². The van der Waals surface area contributed by atoms with E-state index in [0.29, 0.717) is 23.6 Å². The van der Waals surface area contributed by atoms with Crippen LogP contribution in [0.2, 0.25) is 0 Å². The van der Waals surface area contributed by atoms with Gasteiger partial charge in [0.25, 0.3) is 0 Å². The topological polar surface area (TPSA) is 49.4 Å². The second-order valence-electron chi connectivity index (χ2n) is 5.95. The number of nitrogens with zero attached hydrogens (tertiary/aromatic N) is 1. The molecule has 0 amide bonds. The Labute approximate surface area is 104 Å². The second-order valence-corrected chi connectivity index (χ2v) is 8.18. The van der Waals surface area contributed by atoms with Crippen LogP contribution in [0.3, 0.4) is 0 Å². The third kappa shape index (κ3) is 2.51. The Hall–Kier alpha value is -0.130. The van der Waals surface area contributed by atoms with Crippen LogP contribution in [0.4, 0.5) is 0 Å². The number of piperazine rings is 1. The molecule has 1 saturated carbocycles. The van der Waals surface area contributed by atoms with Gasteiger partial charge in [0, 0.05) is 31.2 Å². The summed E-state index contributed by atoms with van der Waals surface area (Å²) < 4.78 is 23.2. The van der Waals surface area contributed by atoms with Gasteiger partial charge < -0.3 is 5.32 Å². The molecule has 5 heteroatoms. The van der Waals surface area contributed by atoms with Gasteiger partial charge in [-0.1, -0.05) is 0 Å². The molecule has 3 atom stereocenters. The molecule has 3 unspecified atom stereocenters. The molecule has 0 bridgehead atoms. The van der Waals surface area contributed by atoms with E-state index in [0.717, 1.165) is 25.4 Å². The van der Waals surface area contributed by atoms with Crippen molar-refractivity contribution in [3.8, 4) is 0 Å². The normalized spacial score (nSPS) is 42.8. The molecule has 1 aliphatic carbocycles. The average molecular weight is 258 g/mol. The lowest BCUT2D eigenvalue weighted by atomic mass is 10.0. The zero-order valence-electron chi connectivity index (χ0n) is 10.4. The molecule has 2 aliphatic heterocycles. The van der Waals surface area contributed by atoms with Gasteiger partial charge in [0.1, 0.15) is 0 Å². The van der Waals surface area contributed by atoms with Gasteiger partial charge in [0.2, 0.25) is 0 Å². The van der Waals surface area contributed by atoms with Gasteiger partial charge in [-0.15, -0.1) is 0 Å². The predicted octanol–water partition coefficient (Wildman–Crippen LogP) is 0.246. The summed E-state index contributed by atoms with van der Waals surface area (Å²) in [6.07, 6.45) is 3.54. The minimum atomic E-state index is -2.75. The number of hydrogen-bond donors (Lipinski definition) is 1. The van der Waals surface area contributed by atoms with E-state index in [-0.39, 0.29) is 6.04 Å². The van der Waals surface area contributed by atoms with Crippen LogP contribution < -0.4 is 5.32 Å². The summed E-state index contributed by atoms with van der Waals surface area (Å²) in [6, 6.07) is 1.36. The summed E-state index contributed by atoms with van der Waals surface area (Å²) in [5.74, 6) is 1.62. The van der Waals surface area contributed by atoms with Gasteiger partial charge in [0.05, 0.1) is 11.5 Å². The quantitative estimate of drug-likeness (QED) is 0.771. The highest BCUT2D eigenvalue weighted by atomic mass is 32.2. The minimum absolute atomic E-state index is 0.276. The third-order valence-corrected chi connectivity index (χ3v) is 6.27.